The molecule has 1 aliphatic heterocycles. The molecule has 1 amide bonds. The number of amides is 1. The van der Waals surface area contributed by atoms with E-state index in [0.29, 0.717) is 25.1 Å². The van der Waals surface area contributed by atoms with Crippen molar-refractivity contribution in [2.45, 2.75) is 31.9 Å². The van der Waals surface area contributed by atoms with Crippen LogP contribution in [0, 0.1) is 11.7 Å². The van der Waals surface area contributed by atoms with E-state index in [1.807, 2.05) is 0 Å². The Morgan fingerprint density at radius 1 is 1.22 bits per heavy atom. The quantitative estimate of drug-likeness (QED) is 0.821. The van der Waals surface area contributed by atoms with Gasteiger partial charge in [0.1, 0.15) is 18.1 Å². The van der Waals surface area contributed by atoms with Gasteiger partial charge in [0.15, 0.2) is 0 Å². The van der Waals surface area contributed by atoms with Gasteiger partial charge < -0.3 is 4.90 Å². The van der Waals surface area contributed by atoms with E-state index in [-0.39, 0.29) is 24.7 Å². The molecule has 0 unspecified atom stereocenters. The summed E-state index contributed by atoms with van der Waals surface area (Å²) in [5.41, 5.74) is -0.475. The molecule has 0 atom stereocenters. The molecule has 0 aliphatic carbocycles. The second kappa shape index (κ2) is 7.53. The van der Waals surface area contributed by atoms with Gasteiger partial charge in [-0.2, -0.15) is 18.3 Å². The molecule has 3 rings (SSSR count). The number of hydrogen-bond acceptors (Lipinski definition) is 3. The van der Waals surface area contributed by atoms with Crippen LogP contribution in [0.25, 0.3) is 5.69 Å². The van der Waals surface area contributed by atoms with Crippen molar-refractivity contribution in [3.05, 3.63) is 46.4 Å². The van der Waals surface area contributed by atoms with Crippen LogP contribution in [0.15, 0.2) is 29.1 Å². The van der Waals surface area contributed by atoms with Crippen molar-refractivity contribution in [1.29, 1.82) is 0 Å². The van der Waals surface area contributed by atoms with Crippen LogP contribution in [0.1, 0.15) is 25.1 Å². The third-order valence-electron chi connectivity index (χ3n) is 4.63. The van der Waals surface area contributed by atoms with Gasteiger partial charge in [0.05, 0.1) is 5.69 Å². The average Bonchev–Trinajstić information content (AvgIpc) is 2.95. The summed E-state index contributed by atoms with van der Waals surface area (Å²) in [6.45, 7) is 0.432. The van der Waals surface area contributed by atoms with Gasteiger partial charge in [-0.1, -0.05) is 12.1 Å². The van der Waals surface area contributed by atoms with E-state index in [9.17, 15) is 27.2 Å². The number of nitrogens with zero attached hydrogens (tertiary/aromatic N) is 3. The number of likely N-dealkylation sites (tertiary alicyclic amines) is 1. The van der Waals surface area contributed by atoms with Crippen LogP contribution in [-0.2, 0) is 11.2 Å². The smallest absolute Gasteiger partial charge is 0.342 e. The summed E-state index contributed by atoms with van der Waals surface area (Å²) in [6.07, 6.45) is -4.64. The SMILES string of the molecule is O=C(CC(F)(F)F)N1CCC(Cc2n[nH]c(=O)n2-c2ccccc2F)CC1. The maximum absolute atomic E-state index is 14.0. The number of halogens is 4. The first-order chi connectivity index (χ1) is 12.7. The number of aromatic nitrogens is 3. The van der Waals surface area contributed by atoms with Crippen molar-refractivity contribution >= 4 is 5.91 Å². The lowest BCUT2D eigenvalue weighted by molar-refractivity contribution is -0.162. The minimum absolute atomic E-state index is 0.0284. The first-order valence-corrected chi connectivity index (χ1v) is 8.50. The largest absolute Gasteiger partial charge is 0.397 e. The van der Waals surface area contributed by atoms with Crippen LogP contribution in [0.3, 0.4) is 0 Å². The Labute approximate surface area is 151 Å². The molecule has 0 saturated carbocycles. The van der Waals surface area contributed by atoms with E-state index >= 15 is 0 Å². The number of hydrogen-bond donors (Lipinski definition) is 1. The maximum atomic E-state index is 14.0. The van der Waals surface area contributed by atoms with Gasteiger partial charge in [0.2, 0.25) is 5.91 Å². The number of carbonyl (C=O) groups is 1. The number of aromatic amines is 1. The second-order valence-electron chi connectivity index (χ2n) is 6.55. The first-order valence-electron chi connectivity index (χ1n) is 8.50. The van der Waals surface area contributed by atoms with Crippen molar-refractivity contribution < 1.29 is 22.4 Å². The van der Waals surface area contributed by atoms with Crippen LogP contribution in [0.2, 0.25) is 0 Å². The highest BCUT2D eigenvalue weighted by Gasteiger charge is 2.34. The Hall–Kier alpha value is -2.65. The number of carbonyl (C=O) groups excluding carboxylic acids is 1. The monoisotopic (exact) mass is 386 g/mol. The van der Waals surface area contributed by atoms with Gasteiger partial charge in [-0.15, -0.1) is 0 Å². The topological polar surface area (TPSA) is 71.0 Å². The minimum Gasteiger partial charge on any atom is -0.342 e. The second-order valence-corrected chi connectivity index (χ2v) is 6.55. The van der Waals surface area contributed by atoms with Gasteiger partial charge in [-0.05, 0) is 30.9 Å². The lowest BCUT2D eigenvalue weighted by Crippen LogP contribution is -2.40. The van der Waals surface area contributed by atoms with E-state index < -0.39 is 30.0 Å². The zero-order valence-corrected chi connectivity index (χ0v) is 14.3. The summed E-state index contributed by atoms with van der Waals surface area (Å²) >= 11 is 0. The van der Waals surface area contributed by atoms with Crippen LogP contribution in [0.5, 0.6) is 0 Å². The van der Waals surface area contributed by atoms with E-state index in [1.54, 1.807) is 6.07 Å². The van der Waals surface area contributed by atoms with Crippen molar-refractivity contribution in [2.75, 3.05) is 13.1 Å². The van der Waals surface area contributed by atoms with Crippen LogP contribution in [0.4, 0.5) is 17.6 Å². The molecule has 6 nitrogen and oxygen atoms in total. The molecule has 27 heavy (non-hydrogen) atoms. The van der Waals surface area contributed by atoms with Gasteiger partial charge in [-0.3, -0.25) is 4.79 Å². The lowest BCUT2D eigenvalue weighted by Gasteiger charge is -2.32. The molecule has 0 radical (unpaired) electrons. The zero-order valence-electron chi connectivity index (χ0n) is 14.3. The highest BCUT2D eigenvalue weighted by molar-refractivity contribution is 5.76. The zero-order chi connectivity index (χ0) is 19.6. The third-order valence-corrected chi connectivity index (χ3v) is 4.63. The molecule has 1 saturated heterocycles. The van der Waals surface area contributed by atoms with Crippen LogP contribution < -0.4 is 5.69 Å². The Morgan fingerprint density at radius 3 is 2.52 bits per heavy atom. The first kappa shape index (κ1) is 19.1. The number of nitrogens with one attached hydrogen (secondary N) is 1. The fourth-order valence-corrected chi connectivity index (χ4v) is 3.28. The molecule has 10 heteroatoms. The average molecular weight is 386 g/mol. The molecule has 1 aromatic heterocycles. The molecular weight excluding hydrogens is 368 g/mol. The maximum Gasteiger partial charge on any atom is 0.397 e. The molecule has 0 spiro atoms. The number of para-hydroxylation sites is 1. The Balaban J connectivity index is 1.66. The molecule has 146 valence electrons. The predicted molar refractivity (Wildman–Crippen MR) is 87.8 cm³/mol. The molecular formula is C17H18F4N4O2. The fraction of sp³-hybridized carbons (Fsp3) is 0.471. The summed E-state index contributed by atoms with van der Waals surface area (Å²) in [7, 11) is 0. The summed E-state index contributed by atoms with van der Waals surface area (Å²) in [5.74, 6) is -1.11. The normalized spacial score (nSPS) is 15.9. The summed E-state index contributed by atoms with van der Waals surface area (Å²) in [4.78, 5) is 24.9. The highest BCUT2D eigenvalue weighted by Crippen LogP contribution is 2.25. The number of H-pyrrole nitrogens is 1. The summed E-state index contributed by atoms with van der Waals surface area (Å²) < 4.78 is 52.2. The third kappa shape index (κ3) is 4.55. The van der Waals surface area contributed by atoms with Crippen molar-refractivity contribution in [2.24, 2.45) is 5.92 Å². The summed E-state index contributed by atoms with van der Waals surface area (Å²) in [6, 6.07) is 5.82. The fourth-order valence-electron chi connectivity index (χ4n) is 3.28. The van der Waals surface area contributed by atoms with Crippen molar-refractivity contribution in [3.8, 4) is 5.69 Å². The molecule has 1 N–H and O–H groups in total. The Bertz CT molecular complexity index is 866. The van der Waals surface area contributed by atoms with Gasteiger partial charge >= 0.3 is 11.9 Å². The molecule has 1 fully saturated rings. The van der Waals surface area contributed by atoms with Gasteiger partial charge in [-0.25, -0.2) is 18.9 Å². The molecule has 2 aromatic rings. The number of benzene rings is 1. The van der Waals surface area contributed by atoms with Gasteiger partial charge in [0, 0.05) is 19.5 Å². The van der Waals surface area contributed by atoms with Crippen LogP contribution >= 0.6 is 0 Å². The molecule has 2 heterocycles. The van der Waals surface area contributed by atoms with Gasteiger partial charge in [0.25, 0.3) is 0 Å². The van der Waals surface area contributed by atoms with E-state index in [0.717, 1.165) is 4.57 Å². The van der Waals surface area contributed by atoms with E-state index in [2.05, 4.69) is 10.2 Å². The molecule has 1 aliphatic rings. The lowest BCUT2D eigenvalue weighted by atomic mass is 9.93. The predicted octanol–water partition coefficient (Wildman–Crippen LogP) is 2.43. The Morgan fingerprint density at radius 2 is 1.89 bits per heavy atom. The molecule has 1 aromatic carbocycles. The standard InChI is InChI=1S/C17H18F4N4O2/c18-12-3-1-2-4-13(12)25-14(22-23-16(25)27)9-11-5-7-24(8-6-11)15(26)10-17(19,20)21/h1-4,11H,5-10H2,(H,23,27). The van der Waals surface area contributed by atoms with E-state index in [1.165, 1.54) is 23.1 Å². The van der Waals surface area contributed by atoms with Crippen molar-refractivity contribution in [3.63, 3.8) is 0 Å². The van der Waals surface area contributed by atoms with Crippen molar-refractivity contribution in [1.82, 2.24) is 19.7 Å². The highest BCUT2D eigenvalue weighted by atomic mass is 19.4. The van der Waals surface area contributed by atoms with Crippen LogP contribution in [-0.4, -0.2) is 44.8 Å². The van der Waals surface area contributed by atoms with E-state index in [4.69, 9.17) is 0 Å². The number of piperidine rings is 1. The minimum atomic E-state index is -4.52. The summed E-state index contributed by atoms with van der Waals surface area (Å²) in [5, 5.41) is 6.27. The molecule has 0 bridgehead atoms. The number of rotatable bonds is 4. The number of alkyl halides is 3. The Kier molecular flexibility index (Phi) is 5.33.